The second-order valence-corrected chi connectivity index (χ2v) is 8.28. The van der Waals surface area contributed by atoms with Crippen molar-refractivity contribution >= 4 is 34.6 Å². The number of nitrogens with zero attached hydrogens (tertiary/aromatic N) is 2. The Morgan fingerprint density at radius 3 is 2.31 bits per heavy atom. The topological polar surface area (TPSA) is 75.5 Å². The van der Waals surface area contributed by atoms with Crippen molar-refractivity contribution in [2.24, 2.45) is 0 Å². The maximum absolute atomic E-state index is 13.5. The molecule has 7 heteroatoms. The van der Waals surface area contributed by atoms with Crippen molar-refractivity contribution in [2.75, 3.05) is 23.3 Å². The molecule has 2 aliphatic rings. The van der Waals surface area contributed by atoms with E-state index >= 15 is 0 Å². The highest BCUT2D eigenvalue weighted by atomic mass is 35.5. The zero-order chi connectivity index (χ0) is 20.4. The van der Waals surface area contributed by atoms with Gasteiger partial charge in [-0.3, -0.25) is 14.9 Å². The van der Waals surface area contributed by atoms with E-state index in [1.54, 1.807) is 12.1 Å². The number of carbonyl (C=O) groups excluding carboxylic acids is 1. The standard InChI is InChI=1S/C22H24ClN3O3/c23-18-6-5-7-19(20(18)25-14-3-4-15-25)24-21(27)22(12-1-2-13-22)16-8-10-17(11-9-16)26(28)29/h5-11H,1-4,12-15H2,(H,24,27). The van der Waals surface area contributed by atoms with Crippen molar-refractivity contribution in [3.8, 4) is 0 Å². The second-order valence-electron chi connectivity index (χ2n) is 7.88. The lowest BCUT2D eigenvalue weighted by Gasteiger charge is -2.30. The van der Waals surface area contributed by atoms with Gasteiger partial charge in [0, 0.05) is 25.2 Å². The molecule has 0 unspecified atom stereocenters. The summed E-state index contributed by atoms with van der Waals surface area (Å²) >= 11 is 6.49. The van der Waals surface area contributed by atoms with E-state index in [0.717, 1.165) is 68.6 Å². The van der Waals surface area contributed by atoms with Crippen molar-refractivity contribution in [1.82, 2.24) is 0 Å². The lowest BCUT2D eigenvalue weighted by Crippen LogP contribution is -2.38. The Bertz CT molecular complexity index is 917. The van der Waals surface area contributed by atoms with Gasteiger partial charge in [-0.2, -0.15) is 0 Å². The summed E-state index contributed by atoms with van der Waals surface area (Å²) in [5.74, 6) is -0.0634. The van der Waals surface area contributed by atoms with Crippen molar-refractivity contribution in [2.45, 2.75) is 43.9 Å². The first-order valence-electron chi connectivity index (χ1n) is 10.1. The molecule has 29 heavy (non-hydrogen) atoms. The highest BCUT2D eigenvalue weighted by molar-refractivity contribution is 6.34. The van der Waals surface area contributed by atoms with Crippen molar-refractivity contribution < 1.29 is 9.72 Å². The maximum atomic E-state index is 13.5. The molecule has 1 aliphatic heterocycles. The van der Waals surface area contributed by atoms with Crippen LogP contribution in [0.2, 0.25) is 5.02 Å². The van der Waals surface area contributed by atoms with E-state index in [4.69, 9.17) is 11.6 Å². The summed E-state index contributed by atoms with van der Waals surface area (Å²) < 4.78 is 0. The number of benzene rings is 2. The smallest absolute Gasteiger partial charge is 0.269 e. The van der Waals surface area contributed by atoms with Crippen LogP contribution in [-0.4, -0.2) is 23.9 Å². The SMILES string of the molecule is O=C(Nc1cccc(Cl)c1N1CCCC1)C1(c2ccc([N+](=O)[O-])cc2)CCCC1. The van der Waals surface area contributed by atoms with E-state index in [9.17, 15) is 14.9 Å². The molecule has 152 valence electrons. The molecule has 1 saturated carbocycles. The van der Waals surface area contributed by atoms with Gasteiger partial charge in [0.25, 0.3) is 5.69 Å². The number of halogens is 1. The average Bonchev–Trinajstić information content (AvgIpc) is 3.41. The first-order chi connectivity index (χ1) is 14.0. The summed E-state index contributed by atoms with van der Waals surface area (Å²) in [5.41, 5.74) is 1.82. The number of nitro benzene ring substituents is 1. The van der Waals surface area contributed by atoms with Gasteiger partial charge in [0.2, 0.25) is 5.91 Å². The molecule has 1 amide bonds. The summed E-state index contributed by atoms with van der Waals surface area (Å²) in [4.78, 5) is 26.3. The quantitative estimate of drug-likeness (QED) is 0.533. The highest BCUT2D eigenvalue weighted by Gasteiger charge is 2.43. The van der Waals surface area contributed by atoms with Gasteiger partial charge in [0.15, 0.2) is 0 Å². The zero-order valence-electron chi connectivity index (χ0n) is 16.2. The van der Waals surface area contributed by atoms with E-state index in [1.165, 1.54) is 12.1 Å². The van der Waals surface area contributed by atoms with Gasteiger partial charge in [-0.15, -0.1) is 0 Å². The maximum Gasteiger partial charge on any atom is 0.269 e. The Balaban J connectivity index is 1.65. The molecule has 6 nitrogen and oxygen atoms in total. The third-order valence-corrected chi connectivity index (χ3v) is 6.48. The van der Waals surface area contributed by atoms with Crippen LogP contribution in [-0.2, 0) is 10.2 Å². The number of non-ortho nitro benzene ring substituents is 1. The molecule has 1 heterocycles. The number of carbonyl (C=O) groups is 1. The van der Waals surface area contributed by atoms with Crippen molar-refractivity contribution in [3.63, 3.8) is 0 Å². The Labute approximate surface area is 175 Å². The fourth-order valence-corrected chi connectivity index (χ4v) is 4.94. The predicted molar refractivity (Wildman–Crippen MR) is 115 cm³/mol. The summed E-state index contributed by atoms with van der Waals surface area (Å²) in [6, 6.07) is 12.0. The summed E-state index contributed by atoms with van der Waals surface area (Å²) in [7, 11) is 0. The molecule has 0 bridgehead atoms. The van der Waals surface area contributed by atoms with Crippen LogP contribution < -0.4 is 10.2 Å². The minimum absolute atomic E-state index is 0.0356. The monoisotopic (exact) mass is 413 g/mol. The molecule has 4 rings (SSSR count). The number of rotatable bonds is 5. The fourth-order valence-electron chi connectivity index (χ4n) is 4.65. The number of hydrogen-bond acceptors (Lipinski definition) is 4. The molecule has 1 aliphatic carbocycles. The van der Waals surface area contributed by atoms with Crippen LogP contribution in [0.4, 0.5) is 17.1 Å². The first kappa shape index (κ1) is 19.7. The Morgan fingerprint density at radius 2 is 1.69 bits per heavy atom. The molecule has 0 spiro atoms. The molecular weight excluding hydrogens is 390 g/mol. The number of nitrogens with one attached hydrogen (secondary N) is 1. The van der Waals surface area contributed by atoms with Gasteiger partial charge in [0.05, 0.1) is 26.7 Å². The Hall–Kier alpha value is -2.60. The Kier molecular flexibility index (Phi) is 5.46. The molecule has 2 fully saturated rings. The fraction of sp³-hybridized carbons (Fsp3) is 0.409. The third-order valence-electron chi connectivity index (χ3n) is 6.18. The molecule has 0 atom stereocenters. The highest BCUT2D eigenvalue weighted by Crippen LogP contribution is 2.44. The van der Waals surface area contributed by atoms with Gasteiger partial charge >= 0.3 is 0 Å². The van der Waals surface area contributed by atoms with Crippen LogP contribution in [0.15, 0.2) is 42.5 Å². The number of anilines is 2. The number of hydrogen-bond donors (Lipinski definition) is 1. The predicted octanol–water partition coefficient (Wildman–Crippen LogP) is 5.30. The van der Waals surface area contributed by atoms with Crippen molar-refractivity contribution in [1.29, 1.82) is 0 Å². The lowest BCUT2D eigenvalue weighted by atomic mass is 9.78. The van der Waals surface area contributed by atoms with Crippen LogP contribution in [0, 0.1) is 10.1 Å². The number of para-hydroxylation sites is 1. The summed E-state index contributed by atoms with van der Waals surface area (Å²) in [6.45, 7) is 1.86. The van der Waals surface area contributed by atoms with E-state index in [1.807, 2.05) is 18.2 Å². The van der Waals surface area contributed by atoms with Crippen LogP contribution in [0.5, 0.6) is 0 Å². The van der Waals surface area contributed by atoms with Gasteiger partial charge in [-0.25, -0.2) is 0 Å². The molecular formula is C22H24ClN3O3. The molecule has 1 saturated heterocycles. The Morgan fingerprint density at radius 1 is 1.03 bits per heavy atom. The largest absolute Gasteiger partial charge is 0.369 e. The van der Waals surface area contributed by atoms with E-state index < -0.39 is 10.3 Å². The van der Waals surface area contributed by atoms with Crippen LogP contribution >= 0.6 is 11.6 Å². The molecule has 2 aromatic carbocycles. The normalized spacial score (nSPS) is 18.0. The van der Waals surface area contributed by atoms with Crippen LogP contribution in [0.3, 0.4) is 0 Å². The van der Waals surface area contributed by atoms with Gasteiger partial charge in [-0.05, 0) is 43.4 Å². The lowest BCUT2D eigenvalue weighted by molar-refractivity contribution is -0.384. The van der Waals surface area contributed by atoms with Gasteiger partial charge in [-0.1, -0.05) is 42.6 Å². The molecule has 1 N–H and O–H groups in total. The zero-order valence-corrected chi connectivity index (χ0v) is 17.0. The van der Waals surface area contributed by atoms with E-state index in [-0.39, 0.29) is 11.6 Å². The van der Waals surface area contributed by atoms with Gasteiger partial charge < -0.3 is 10.2 Å². The number of nitro groups is 1. The average molecular weight is 414 g/mol. The molecule has 0 radical (unpaired) electrons. The van der Waals surface area contributed by atoms with Crippen molar-refractivity contribution in [3.05, 3.63) is 63.2 Å². The minimum atomic E-state index is -0.667. The summed E-state index contributed by atoms with van der Waals surface area (Å²) in [6.07, 6.45) is 5.61. The third kappa shape index (κ3) is 3.69. The minimum Gasteiger partial charge on any atom is -0.369 e. The van der Waals surface area contributed by atoms with E-state index in [2.05, 4.69) is 10.2 Å². The van der Waals surface area contributed by atoms with Crippen LogP contribution in [0.25, 0.3) is 0 Å². The number of amides is 1. The summed E-state index contributed by atoms with van der Waals surface area (Å²) in [5, 5.41) is 14.8. The van der Waals surface area contributed by atoms with Crippen LogP contribution in [0.1, 0.15) is 44.1 Å². The van der Waals surface area contributed by atoms with Gasteiger partial charge in [0.1, 0.15) is 0 Å². The first-order valence-corrected chi connectivity index (χ1v) is 10.5. The molecule has 2 aromatic rings. The van der Waals surface area contributed by atoms with E-state index in [0.29, 0.717) is 5.02 Å². The second kappa shape index (κ2) is 8.03. The molecule has 0 aromatic heterocycles.